The Hall–Kier alpha value is -0.530. The van der Waals surface area contributed by atoms with E-state index in [1.165, 1.54) is 32.1 Å². The second-order valence-corrected chi connectivity index (χ2v) is 5.89. The number of rotatable bonds is 1. The van der Waals surface area contributed by atoms with E-state index in [0.29, 0.717) is 11.8 Å². The molecule has 4 fully saturated rings. The van der Waals surface area contributed by atoms with Gasteiger partial charge in [0.15, 0.2) is 0 Å². The van der Waals surface area contributed by atoms with Crippen molar-refractivity contribution in [3.63, 3.8) is 0 Å². The van der Waals surface area contributed by atoms with Crippen LogP contribution >= 0.6 is 0 Å². The monoisotopic (exact) mass is 194 g/mol. The van der Waals surface area contributed by atoms with Crippen LogP contribution in [0.2, 0.25) is 0 Å². The van der Waals surface area contributed by atoms with Crippen LogP contribution in [0.15, 0.2) is 0 Å². The topological polar surface area (TPSA) is 37.3 Å². The summed E-state index contributed by atoms with van der Waals surface area (Å²) in [5.74, 6) is 2.16. The Labute approximate surface area is 84.7 Å². The van der Waals surface area contributed by atoms with Crippen molar-refractivity contribution in [1.29, 1.82) is 0 Å². The summed E-state index contributed by atoms with van der Waals surface area (Å²) < 4.78 is 0. The maximum Gasteiger partial charge on any atom is 0.309 e. The molecule has 0 atom stereocenters. The van der Waals surface area contributed by atoms with Crippen LogP contribution in [0.3, 0.4) is 0 Å². The quantitative estimate of drug-likeness (QED) is 0.696. The lowest BCUT2D eigenvalue weighted by molar-refractivity contribution is -0.173. The molecule has 0 aromatic rings. The molecule has 4 saturated carbocycles. The average Bonchev–Trinajstić information content (AvgIpc) is 2.12. The molecule has 0 aromatic heterocycles. The number of carbonyl (C=O) groups is 1. The summed E-state index contributed by atoms with van der Waals surface area (Å²) in [4.78, 5) is 11.4. The highest BCUT2D eigenvalue weighted by Crippen LogP contribution is 2.62. The molecule has 0 aromatic carbocycles. The van der Waals surface area contributed by atoms with Gasteiger partial charge in [-0.25, -0.2) is 0 Å². The second-order valence-electron chi connectivity index (χ2n) is 5.89. The van der Waals surface area contributed by atoms with Crippen LogP contribution in [0.1, 0.15) is 39.0 Å². The highest BCUT2D eigenvalue weighted by Gasteiger charge is 2.58. The van der Waals surface area contributed by atoms with Gasteiger partial charge in [-0.05, 0) is 62.7 Å². The van der Waals surface area contributed by atoms with Crippen molar-refractivity contribution in [3.05, 3.63) is 0 Å². The fourth-order valence-electron chi connectivity index (χ4n) is 4.51. The van der Waals surface area contributed by atoms with Crippen LogP contribution in [0.5, 0.6) is 0 Å². The Bertz CT molecular complexity index is 254. The van der Waals surface area contributed by atoms with Crippen molar-refractivity contribution in [1.82, 2.24) is 0 Å². The lowest BCUT2D eigenvalue weighted by Gasteiger charge is -2.58. The van der Waals surface area contributed by atoms with Crippen LogP contribution in [0.4, 0.5) is 0 Å². The summed E-state index contributed by atoms with van der Waals surface area (Å²) in [5, 5.41) is 9.40. The van der Waals surface area contributed by atoms with Crippen molar-refractivity contribution in [2.24, 2.45) is 29.1 Å². The predicted octanol–water partition coefficient (Wildman–Crippen LogP) is 2.53. The fourth-order valence-corrected chi connectivity index (χ4v) is 4.51. The first kappa shape index (κ1) is 8.75. The molecule has 4 rings (SSSR count). The molecule has 4 bridgehead atoms. The van der Waals surface area contributed by atoms with E-state index in [1.54, 1.807) is 0 Å². The first-order chi connectivity index (χ1) is 6.60. The Morgan fingerprint density at radius 3 is 1.86 bits per heavy atom. The molecule has 2 nitrogen and oxygen atoms in total. The number of hydrogen-bond donors (Lipinski definition) is 1. The minimum absolute atomic E-state index is 0.382. The summed E-state index contributed by atoms with van der Waals surface area (Å²) in [6.45, 7) is 2.00. The van der Waals surface area contributed by atoms with E-state index in [2.05, 4.69) is 0 Å². The van der Waals surface area contributed by atoms with E-state index in [4.69, 9.17) is 0 Å². The number of hydrogen-bond acceptors (Lipinski definition) is 1. The molecule has 0 spiro atoms. The summed E-state index contributed by atoms with van der Waals surface area (Å²) in [5.41, 5.74) is -0.382. The molecule has 78 valence electrons. The van der Waals surface area contributed by atoms with Crippen LogP contribution in [0, 0.1) is 29.1 Å². The second kappa shape index (κ2) is 2.53. The summed E-state index contributed by atoms with van der Waals surface area (Å²) in [6, 6.07) is 0. The van der Waals surface area contributed by atoms with Gasteiger partial charge in [0.2, 0.25) is 0 Å². The zero-order valence-electron chi connectivity index (χ0n) is 8.70. The molecule has 0 radical (unpaired) electrons. The number of carboxylic acid groups (broad SMARTS) is 1. The summed E-state index contributed by atoms with van der Waals surface area (Å²) in [7, 11) is 0. The van der Waals surface area contributed by atoms with Crippen LogP contribution < -0.4 is 0 Å². The first-order valence-electron chi connectivity index (χ1n) is 5.84. The van der Waals surface area contributed by atoms with Crippen molar-refractivity contribution in [3.8, 4) is 0 Å². The fraction of sp³-hybridized carbons (Fsp3) is 0.917. The van der Waals surface area contributed by atoms with Gasteiger partial charge in [0.1, 0.15) is 0 Å². The van der Waals surface area contributed by atoms with Gasteiger partial charge >= 0.3 is 5.97 Å². The summed E-state index contributed by atoms with van der Waals surface area (Å²) >= 11 is 0. The molecule has 0 amide bonds. The highest BCUT2D eigenvalue weighted by molar-refractivity contribution is 5.75. The molecule has 4 aliphatic rings. The maximum atomic E-state index is 11.4. The predicted molar refractivity (Wildman–Crippen MR) is 52.8 cm³/mol. The third-order valence-corrected chi connectivity index (χ3v) is 5.30. The molecule has 0 aliphatic heterocycles. The van der Waals surface area contributed by atoms with Gasteiger partial charge in [-0.3, -0.25) is 4.79 Å². The minimum Gasteiger partial charge on any atom is -0.481 e. The molecule has 0 unspecified atom stereocenters. The van der Waals surface area contributed by atoms with E-state index in [-0.39, 0.29) is 5.41 Å². The zero-order valence-corrected chi connectivity index (χ0v) is 8.70. The molecule has 0 heterocycles. The van der Waals surface area contributed by atoms with E-state index < -0.39 is 5.97 Å². The molecule has 1 N–H and O–H groups in total. The normalized spacial score (nSPS) is 54.9. The molecule has 4 aliphatic carbocycles. The van der Waals surface area contributed by atoms with Crippen molar-refractivity contribution in [2.75, 3.05) is 0 Å². The Morgan fingerprint density at radius 1 is 1.07 bits per heavy atom. The highest BCUT2D eigenvalue weighted by atomic mass is 16.4. The number of aliphatic carboxylic acids is 1. The zero-order chi connectivity index (χ0) is 9.92. The molecule has 0 saturated heterocycles. The largest absolute Gasteiger partial charge is 0.481 e. The lowest BCUT2D eigenvalue weighted by Crippen LogP contribution is -2.55. The standard InChI is InChI=1S/C12H18O2/c1-12(11(13)14)9-3-7-2-8(5-9)6-10(12)4-7/h7-10H,2-6H2,1H3,(H,13,14). The molecule has 2 heteroatoms. The SMILES string of the molecule is CC1(C(=O)O)C2CC3CC(C2)CC1C3. The Balaban J connectivity index is 1.98. The van der Waals surface area contributed by atoms with E-state index in [9.17, 15) is 9.90 Å². The van der Waals surface area contributed by atoms with Gasteiger partial charge in [-0.1, -0.05) is 0 Å². The van der Waals surface area contributed by atoms with E-state index in [1.807, 2.05) is 6.92 Å². The molecular formula is C12H18O2. The summed E-state index contributed by atoms with van der Waals surface area (Å²) in [6.07, 6.45) is 6.15. The van der Waals surface area contributed by atoms with Gasteiger partial charge < -0.3 is 5.11 Å². The third-order valence-electron chi connectivity index (χ3n) is 5.30. The van der Waals surface area contributed by atoms with Crippen molar-refractivity contribution in [2.45, 2.75) is 39.0 Å². The number of carboxylic acids is 1. The van der Waals surface area contributed by atoms with Gasteiger partial charge in [-0.15, -0.1) is 0 Å². The van der Waals surface area contributed by atoms with Gasteiger partial charge in [-0.2, -0.15) is 0 Å². The van der Waals surface area contributed by atoms with E-state index >= 15 is 0 Å². The lowest BCUT2D eigenvalue weighted by atomic mass is 9.46. The molecular weight excluding hydrogens is 176 g/mol. The van der Waals surface area contributed by atoms with Crippen LogP contribution in [-0.2, 0) is 4.79 Å². The Morgan fingerprint density at radius 2 is 1.50 bits per heavy atom. The smallest absolute Gasteiger partial charge is 0.309 e. The first-order valence-corrected chi connectivity index (χ1v) is 5.84. The van der Waals surface area contributed by atoms with Gasteiger partial charge in [0, 0.05) is 0 Å². The van der Waals surface area contributed by atoms with Crippen molar-refractivity contribution >= 4 is 5.97 Å². The average molecular weight is 194 g/mol. The van der Waals surface area contributed by atoms with Crippen molar-refractivity contribution < 1.29 is 9.90 Å². The van der Waals surface area contributed by atoms with E-state index in [0.717, 1.165) is 11.8 Å². The minimum atomic E-state index is -0.536. The third kappa shape index (κ3) is 0.896. The maximum absolute atomic E-state index is 11.4. The molecule has 14 heavy (non-hydrogen) atoms. The van der Waals surface area contributed by atoms with Crippen LogP contribution in [-0.4, -0.2) is 11.1 Å². The van der Waals surface area contributed by atoms with Gasteiger partial charge in [0.25, 0.3) is 0 Å². The van der Waals surface area contributed by atoms with Gasteiger partial charge in [0.05, 0.1) is 5.41 Å². The Kier molecular flexibility index (Phi) is 1.58. The van der Waals surface area contributed by atoms with Crippen LogP contribution in [0.25, 0.3) is 0 Å².